The van der Waals surface area contributed by atoms with Gasteiger partial charge in [0, 0.05) is 4.47 Å². The third-order valence-corrected chi connectivity index (χ3v) is 5.40. The van der Waals surface area contributed by atoms with Crippen molar-refractivity contribution in [3.63, 3.8) is 0 Å². The summed E-state index contributed by atoms with van der Waals surface area (Å²) in [5, 5.41) is 5.27. The van der Waals surface area contributed by atoms with Crippen LogP contribution in [0.15, 0.2) is 46.0 Å². The van der Waals surface area contributed by atoms with E-state index in [0.717, 1.165) is 27.9 Å². The standard InChI is InChI=1S/C17H15BrN2O2/c18-13-3-1-2-10(8-13)9-19-20-16(21)14-11-4-5-12(7-6-11)15(14)17(20)22/h1-5,8-9,11-12,14-15H,6-7H2/b19-9-/t11-,12+,14-,15-/m0/s1. The molecular weight excluding hydrogens is 344 g/mol. The molecular formula is C17H15BrN2O2. The molecule has 0 N–H and O–H groups in total. The topological polar surface area (TPSA) is 49.7 Å². The van der Waals surface area contributed by atoms with Gasteiger partial charge < -0.3 is 0 Å². The summed E-state index contributed by atoms with van der Waals surface area (Å²) in [5.41, 5.74) is 0.853. The summed E-state index contributed by atoms with van der Waals surface area (Å²) < 4.78 is 0.937. The van der Waals surface area contributed by atoms with Crippen molar-refractivity contribution in [2.45, 2.75) is 12.8 Å². The number of nitrogens with zero attached hydrogens (tertiary/aromatic N) is 2. The zero-order valence-corrected chi connectivity index (χ0v) is 13.4. The number of carbonyl (C=O) groups excluding carboxylic acids is 2. The Bertz CT molecular complexity index is 680. The number of carbonyl (C=O) groups is 2. The Morgan fingerprint density at radius 3 is 2.27 bits per heavy atom. The molecule has 1 aromatic rings. The van der Waals surface area contributed by atoms with Crippen LogP contribution in [0, 0.1) is 23.7 Å². The first-order chi connectivity index (χ1) is 10.6. The maximum Gasteiger partial charge on any atom is 0.254 e. The van der Waals surface area contributed by atoms with Gasteiger partial charge in [0.2, 0.25) is 0 Å². The molecule has 4 aliphatic rings. The van der Waals surface area contributed by atoms with E-state index in [9.17, 15) is 9.59 Å². The van der Waals surface area contributed by atoms with Crippen LogP contribution in [0.2, 0.25) is 0 Å². The van der Waals surface area contributed by atoms with Gasteiger partial charge in [-0.25, -0.2) is 0 Å². The van der Waals surface area contributed by atoms with Crippen LogP contribution in [0.25, 0.3) is 0 Å². The quantitative estimate of drug-likeness (QED) is 0.463. The number of benzene rings is 1. The molecule has 1 aromatic carbocycles. The van der Waals surface area contributed by atoms with Gasteiger partial charge in [0.25, 0.3) is 11.8 Å². The molecule has 1 saturated carbocycles. The molecule has 2 amide bonds. The maximum absolute atomic E-state index is 12.6. The lowest BCUT2D eigenvalue weighted by Crippen LogP contribution is -2.38. The molecule has 0 radical (unpaired) electrons. The first kappa shape index (κ1) is 13.9. The van der Waals surface area contributed by atoms with Crippen molar-refractivity contribution in [2.75, 3.05) is 0 Å². The van der Waals surface area contributed by atoms with E-state index in [4.69, 9.17) is 0 Å². The molecule has 0 aromatic heterocycles. The van der Waals surface area contributed by atoms with Gasteiger partial charge in [-0.1, -0.05) is 40.2 Å². The highest BCUT2D eigenvalue weighted by Crippen LogP contribution is 2.49. The fraction of sp³-hybridized carbons (Fsp3) is 0.353. The Morgan fingerprint density at radius 2 is 1.73 bits per heavy atom. The van der Waals surface area contributed by atoms with Crippen molar-refractivity contribution < 1.29 is 9.59 Å². The molecule has 2 bridgehead atoms. The SMILES string of the molecule is O=C1[C@@H]2[C@@H](C(=O)N1/N=C\c1cccc(Br)c1)[C@H]1C=C[C@@H]2CC1. The summed E-state index contributed by atoms with van der Waals surface area (Å²) in [6, 6.07) is 7.59. The minimum absolute atomic E-state index is 0.139. The fourth-order valence-corrected chi connectivity index (χ4v) is 4.30. The predicted octanol–water partition coefficient (Wildman–Crippen LogP) is 2.98. The lowest BCUT2D eigenvalue weighted by atomic mass is 9.63. The van der Waals surface area contributed by atoms with Gasteiger partial charge in [0.1, 0.15) is 0 Å². The van der Waals surface area contributed by atoms with E-state index in [1.807, 2.05) is 24.3 Å². The number of halogens is 1. The minimum atomic E-state index is -0.198. The van der Waals surface area contributed by atoms with Crippen molar-refractivity contribution in [1.82, 2.24) is 5.01 Å². The summed E-state index contributed by atoms with van der Waals surface area (Å²) in [6.07, 6.45) is 7.81. The Labute approximate surface area is 137 Å². The van der Waals surface area contributed by atoms with Gasteiger partial charge in [0.15, 0.2) is 0 Å². The summed E-state index contributed by atoms with van der Waals surface area (Å²) >= 11 is 3.40. The molecule has 22 heavy (non-hydrogen) atoms. The normalized spacial score (nSPS) is 33.0. The zero-order chi connectivity index (χ0) is 15.3. The smallest absolute Gasteiger partial charge is 0.254 e. The zero-order valence-electron chi connectivity index (χ0n) is 11.9. The van der Waals surface area contributed by atoms with Crippen molar-refractivity contribution in [3.05, 3.63) is 46.5 Å². The summed E-state index contributed by atoms with van der Waals surface area (Å²) in [6.45, 7) is 0. The molecule has 3 aliphatic carbocycles. The van der Waals surface area contributed by atoms with Crippen LogP contribution >= 0.6 is 15.9 Å². The van der Waals surface area contributed by atoms with E-state index < -0.39 is 0 Å². The van der Waals surface area contributed by atoms with Crippen molar-refractivity contribution in [1.29, 1.82) is 0 Å². The first-order valence-electron chi connectivity index (χ1n) is 7.51. The van der Waals surface area contributed by atoms with E-state index >= 15 is 0 Å². The molecule has 2 fully saturated rings. The Morgan fingerprint density at radius 1 is 1.09 bits per heavy atom. The Kier molecular flexibility index (Phi) is 3.26. The highest BCUT2D eigenvalue weighted by Gasteiger charge is 2.56. The monoisotopic (exact) mass is 358 g/mol. The average molecular weight is 359 g/mol. The molecule has 0 unspecified atom stereocenters. The van der Waals surface area contributed by atoms with Crippen molar-refractivity contribution >= 4 is 34.0 Å². The van der Waals surface area contributed by atoms with E-state index in [1.165, 1.54) is 0 Å². The van der Waals surface area contributed by atoms with Crippen LogP contribution in [-0.2, 0) is 9.59 Å². The number of hydrogen-bond acceptors (Lipinski definition) is 3. The molecule has 4 atom stereocenters. The first-order valence-corrected chi connectivity index (χ1v) is 8.30. The van der Waals surface area contributed by atoms with Gasteiger partial charge in [-0.05, 0) is 42.4 Å². The fourth-order valence-electron chi connectivity index (χ4n) is 3.88. The largest absolute Gasteiger partial charge is 0.272 e. The van der Waals surface area contributed by atoms with Crippen LogP contribution in [0.4, 0.5) is 0 Å². The van der Waals surface area contributed by atoms with Crippen molar-refractivity contribution in [3.8, 4) is 0 Å². The number of rotatable bonds is 2. The second kappa shape index (κ2) is 5.16. The highest BCUT2D eigenvalue weighted by molar-refractivity contribution is 9.10. The van der Waals surface area contributed by atoms with Gasteiger partial charge >= 0.3 is 0 Å². The molecule has 5 rings (SSSR count). The Hall–Kier alpha value is -1.75. The Balaban J connectivity index is 1.61. The van der Waals surface area contributed by atoms with Gasteiger partial charge in [0.05, 0.1) is 18.1 Å². The minimum Gasteiger partial charge on any atom is -0.272 e. The van der Waals surface area contributed by atoms with Crippen LogP contribution in [0.5, 0.6) is 0 Å². The number of amides is 2. The molecule has 1 saturated heterocycles. The lowest BCUT2D eigenvalue weighted by molar-refractivity contribution is -0.140. The maximum atomic E-state index is 12.6. The summed E-state index contributed by atoms with van der Waals surface area (Å²) in [7, 11) is 0. The number of hydrazone groups is 1. The van der Waals surface area contributed by atoms with Crippen LogP contribution < -0.4 is 0 Å². The second-order valence-corrected chi connectivity index (χ2v) is 7.05. The molecule has 1 heterocycles. The second-order valence-electron chi connectivity index (χ2n) is 6.13. The molecule has 1 aliphatic heterocycles. The molecule has 112 valence electrons. The molecule has 4 nitrogen and oxygen atoms in total. The highest BCUT2D eigenvalue weighted by atomic mass is 79.9. The third-order valence-electron chi connectivity index (χ3n) is 4.91. The number of hydrogen-bond donors (Lipinski definition) is 0. The number of imide groups is 1. The van der Waals surface area contributed by atoms with Gasteiger partial charge in [-0.3, -0.25) is 9.59 Å². The predicted molar refractivity (Wildman–Crippen MR) is 85.9 cm³/mol. The van der Waals surface area contributed by atoms with E-state index in [1.54, 1.807) is 6.21 Å². The van der Waals surface area contributed by atoms with E-state index in [0.29, 0.717) is 0 Å². The summed E-state index contributed by atoms with van der Waals surface area (Å²) in [5.74, 6) is -0.262. The van der Waals surface area contributed by atoms with E-state index in [2.05, 4.69) is 33.2 Å². The van der Waals surface area contributed by atoms with Crippen molar-refractivity contribution in [2.24, 2.45) is 28.8 Å². The molecule has 0 spiro atoms. The number of allylic oxidation sites excluding steroid dienone is 2. The van der Waals surface area contributed by atoms with Crippen LogP contribution in [0.1, 0.15) is 18.4 Å². The van der Waals surface area contributed by atoms with Gasteiger partial charge in [-0.15, -0.1) is 0 Å². The third kappa shape index (κ3) is 2.07. The number of fused-ring (bicyclic) bond motifs is 1. The lowest BCUT2D eigenvalue weighted by Gasteiger charge is -2.37. The molecule has 5 heteroatoms. The average Bonchev–Trinajstić information content (AvgIpc) is 2.80. The summed E-state index contributed by atoms with van der Waals surface area (Å²) in [4.78, 5) is 25.2. The van der Waals surface area contributed by atoms with Crippen LogP contribution in [-0.4, -0.2) is 23.0 Å². The van der Waals surface area contributed by atoms with E-state index in [-0.39, 0.29) is 35.5 Å². The van der Waals surface area contributed by atoms with Crippen LogP contribution in [0.3, 0.4) is 0 Å². The van der Waals surface area contributed by atoms with Gasteiger partial charge in [-0.2, -0.15) is 10.1 Å².